The summed E-state index contributed by atoms with van der Waals surface area (Å²) in [7, 11) is 3.27. The van der Waals surface area contributed by atoms with Gasteiger partial charge < -0.3 is 15.2 Å². The highest BCUT2D eigenvalue weighted by molar-refractivity contribution is 9.10. The van der Waals surface area contributed by atoms with Gasteiger partial charge in [-0.3, -0.25) is 0 Å². The van der Waals surface area contributed by atoms with Gasteiger partial charge in [-0.1, -0.05) is 33.6 Å². The van der Waals surface area contributed by atoms with E-state index in [1.807, 2.05) is 30.3 Å². The average Bonchev–Trinajstić information content (AvgIpc) is 2.47. The first-order valence-electron chi connectivity index (χ1n) is 6.46. The maximum absolute atomic E-state index is 6.33. The van der Waals surface area contributed by atoms with E-state index >= 15 is 0 Å². The highest BCUT2D eigenvalue weighted by Crippen LogP contribution is 2.32. The minimum Gasteiger partial charge on any atom is -0.496 e. The summed E-state index contributed by atoms with van der Waals surface area (Å²) >= 11 is 9.48. The summed E-state index contributed by atoms with van der Waals surface area (Å²) in [5, 5.41) is 0.667. The molecule has 0 saturated carbocycles. The van der Waals surface area contributed by atoms with Crippen molar-refractivity contribution in [1.82, 2.24) is 0 Å². The Morgan fingerprint density at radius 1 is 1.10 bits per heavy atom. The minimum atomic E-state index is -0.208. The molecule has 21 heavy (non-hydrogen) atoms. The maximum atomic E-state index is 6.33. The molecule has 0 aliphatic carbocycles. The molecule has 0 bridgehead atoms. The van der Waals surface area contributed by atoms with Crippen LogP contribution in [0.3, 0.4) is 0 Å². The highest BCUT2D eigenvalue weighted by Gasteiger charge is 2.15. The van der Waals surface area contributed by atoms with Crippen molar-refractivity contribution in [2.75, 3.05) is 14.2 Å². The van der Waals surface area contributed by atoms with Crippen molar-refractivity contribution in [3.8, 4) is 11.5 Å². The summed E-state index contributed by atoms with van der Waals surface area (Å²) in [4.78, 5) is 0. The lowest BCUT2D eigenvalue weighted by Crippen LogP contribution is -2.15. The predicted molar refractivity (Wildman–Crippen MR) is 89.3 cm³/mol. The molecule has 0 aliphatic rings. The van der Waals surface area contributed by atoms with E-state index in [2.05, 4.69) is 15.9 Å². The van der Waals surface area contributed by atoms with Gasteiger partial charge in [-0.25, -0.2) is 0 Å². The number of benzene rings is 2. The zero-order valence-corrected chi connectivity index (χ0v) is 14.2. The Morgan fingerprint density at radius 3 is 2.48 bits per heavy atom. The van der Waals surface area contributed by atoms with Gasteiger partial charge in [0.2, 0.25) is 0 Å². The van der Waals surface area contributed by atoms with Crippen LogP contribution in [0.25, 0.3) is 0 Å². The summed E-state index contributed by atoms with van der Waals surface area (Å²) in [6.45, 7) is 0. The minimum absolute atomic E-state index is 0.208. The Morgan fingerprint density at radius 2 is 1.81 bits per heavy atom. The third-order valence-corrected chi connectivity index (χ3v) is 4.01. The zero-order valence-electron chi connectivity index (χ0n) is 11.9. The molecule has 0 fully saturated rings. The summed E-state index contributed by atoms with van der Waals surface area (Å²) < 4.78 is 11.7. The first kappa shape index (κ1) is 16.1. The van der Waals surface area contributed by atoms with Crippen molar-refractivity contribution < 1.29 is 9.47 Å². The van der Waals surface area contributed by atoms with Crippen molar-refractivity contribution in [3.05, 3.63) is 57.0 Å². The van der Waals surface area contributed by atoms with E-state index in [0.29, 0.717) is 11.4 Å². The van der Waals surface area contributed by atoms with Crippen LogP contribution in [-0.2, 0) is 6.42 Å². The molecule has 2 N–H and O–H groups in total. The van der Waals surface area contributed by atoms with E-state index in [1.54, 1.807) is 20.3 Å². The zero-order chi connectivity index (χ0) is 15.4. The normalized spacial score (nSPS) is 12.0. The van der Waals surface area contributed by atoms with Crippen LogP contribution in [0.4, 0.5) is 0 Å². The van der Waals surface area contributed by atoms with E-state index in [9.17, 15) is 0 Å². The van der Waals surface area contributed by atoms with Crippen LogP contribution in [0.5, 0.6) is 11.5 Å². The van der Waals surface area contributed by atoms with Crippen LogP contribution in [0.1, 0.15) is 17.2 Å². The van der Waals surface area contributed by atoms with Crippen LogP contribution in [0, 0.1) is 0 Å². The number of rotatable bonds is 5. The topological polar surface area (TPSA) is 44.5 Å². The quantitative estimate of drug-likeness (QED) is 0.850. The molecule has 112 valence electrons. The number of hydrogen-bond donors (Lipinski definition) is 1. The van der Waals surface area contributed by atoms with Gasteiger partial charge in [0.15, 0.2) is 0 Å². The van der Waals surface area contributed by atoms with E-state index in [-0.39, 0.29) is 6.04 Å². The van der Waals surface area contributed by atoms with Crippen molar-refractivity contribution in [3.63, 3.8) is 0 Å². The molecule has 0 aliphatic heterocycles. The predicted octanol–water partition coefficient (Wildman–Crippen LogP) is 4.36. The van der Waals surface area contributed by atoms with Crippen molar-refractivity contribution in [2.24, 2.45) is 5.73 Å². The fourth-order valence-electron chi connectivity index (χ4n) is 2.24. The highest BCUT2D eigenvalue weighted by atomic mass is 79.9. The van der Waals surface area contributed by atoms with Crippen LogP contribution >= 0.6 is 27.5 Å². The van der Waals surface area contributed by atoms with Crippen LogP contribution in [-0.4, -0.2) is 14.2 Å². The lowest BCUT2D eigenvalue weighted by molar-refractivity contribution is 0.400. The Balaban J connectivity index is 2.30. The molecule has 0 saturated heterocycles. The van der Waals surface area contributed by atoms with E-state index < -0.39 is 0 Å². The molecule has 0 spiro atoms. The molecule has 1 atom stereocenters. The molecule has 0 radical (unpaired) electrons. The van der Waals surface area contributed by atoms with Crippen molar-refractivity contribution >= 4 is 27.5 Å². The van der Waals surface area contributed by atoms with E-state index in [1.165, 1.54) is 0 Å². The van der Waals surface area contributed by atoms with Crippen molar-refractivity contribution in [2.45, 2.75) is 12.5 Å². The smallest absolute Gasteiger partial charge is 0.124 e. The second-order valence-corrected chi connectivity index (χ2v) is 6.01. The first-order chi connectivity index (χ1) is 10.0. The molecule has 2 rings (SSSR count). The molecular formula is C16H17BrClNO2. The van der Waals surface area contributed by atoms with Gasteiger partial charge in [0.05, 0.1) is 14.2 Å². The van der Waals surface area contributed by atoms with Gasteiger partial charge in [-0.05, 0) is 42.3 Å². The molecule has 1 unspecified atom stereocenters. The second-order valence-electron chi connectivity index (χ2n) is 4.65. The Bertz CT molecular complexity index is 634. The SMILES string of the molecule is COc1ccc(Cl)cc1CC(N)c1ccc(Br)cc1OC. The molecule has 0 heterocycles. The largest absolute Gasteiger partial charge is 0.496 e. The van der Waals surface area contributed by atoms with Crippen LogP contribution < -0.4 is 15.2 Å². The number of ether oxygens (including phenoxy) is 2. The molecule has 2 aromatic carbocycles. The molecule has 3 nitrogen and oxygen atoms in total. The molecule has 0 amide bonds. The van der Waals surface area contributed by atoms with Gasteiger partial charge in [0, 0.05) is 21.1 Å². The molecular weight excluding hydrogens is 354 g/mol. The fourth-order valence-corrected chi connectivity index (χ4v) is 2.78. The maximum Gasteiger partial charge on any atom is 0.124 e. The Kier molecular flexibility index (Phi) is 5.51. The van der Waals surface area contributed by atoms with Gasteiger partial charge in [-0.15, -0.1) is 0 Å². The number of hydrogen-bond acceptors (Lipinski definition) is 3. The number of halogens is 2. The Labute approximate surface area is 138 Å². The summed E-state index contributed by atoms with van der Waals surface area (Å²) in [6.07, 6.45) is 0.613. The third kappa shape index (κ3) is 3.90. The monoisotopic (exact) mass is 369 g/mol. The number of methoxy groups -OCH3 is 2. The van der Waals surface area contributed by atoms with E-state index in [0.717, 1.165) is 27.1 Å². The Hall–Kier alpha value is -1.23. The van der Waals surface area contributed by atoms with Crippen molar-refractivity contribution in [1.29, 1.82) is 0 Å². The van der Waals surface area contributed by atoms with E-state index in [4.69, 9.17) is 26.8 Å². The van der Waals surface area contributed by atoms with Gasteiger partial charge in [0.1, 0.15) is 11.5 Å². The third-order valence-electron chi connectivity index (χ3n) is 3.28. The molecule has 2 aromatic rings. The fraction of sp³-hybridized carbons (Fsp3) is 0.250. The molecule has 0 aromatic heterocycles. The molecule has 5 heteroatoms. The van der Waals surface area contributed by atoms with Gasteiger partial charge in [-0.2, -0.15) is 0 Å². The number of nitrogens with two attached hydrogens (primary N) is 1. The second kappa shape index (κ2) is 7.16. The standard InChI is InChI=1S/C16H17BrClNO2/c1-20-15-6-4-12(18)7-10(15)8-14(19)13-5-3-11(17)9-16(13)21-2/h3-7,9,14H,8,19H2,1-2H3. The summed E-state index contributed by atoms with van der Waals surface area (Å²) in [5.74, 6) is 1.55. The van der Waals surface area contributed by atoms with Gasteiger partial charge in [0.25, 0.3) is 0 Å². The lowest BCUT2D eigenvalue weighted by atomic mass is 9.98. The lowest BCUT2D eigenvalue weighted by Gasteiger charge is -2.17. The van der Waals surface area contributed by atoms with Crippen LogP contribution in [0.15, 0.2) is 40.9 Å². The van der Waals surface area contributed by atoms with Gasteiger partial charge >= 0.3 is 0 Å². The summed E-state index contributed by atoms with van der Waals surface area (Å²) in [5.41, 5.74) is 8.25. The first-order valence-corrected chi connectivity index (χ1v) is 7.63. The van der Waals surface area contributed by atoms with Crippen LogP contribution in [0.2, 0.25) is 5.02 Å². The average molecular weight is 371 g/mol. The summed E-state index contributed by atoms with van der Waals surface area (Å²) in [6, 6.07) is 11.1.